The molecule has 0 N–H and O–H groups in total. The maximum Gasteiger partial charge on any atom is 0.534 e. The summed E-state index contributed by atoms with van der Waals surface area (Å²) in [6.45, 7) is 2.48. The quantitative estimate of drug-likeness (QED) is 0.218. The highest BCUT2D eigenvalue weighted by Gasteiger charge is 2.49. The molecule has 0 saturated heterocycles. The van der Waals surface area contributed by atoms with Crippen LogP contribution < -0.4 is 4.18 Å². The van der Waals surface area contributed by atoms with E-state index in [1.807, 2.05) is 0 Å². The zero-order valence-corrected chi connectivity index (χ0v) is 15.4. The molecule has 1 aromatic heterocycles. The number of benzene rings is 1. The van der Waals surface area contributed by atoms with Crippen LogP contribution in [-0.4, -0.2) is 46.3 Å². The van der Waals surface area contributed by atoms with Crippen molar-refractivity contribution in [1.29, 1.82) is 0 Å². The molecule has 2 rings (SSSR count). The summed E-state index contributed by atoms with van der Waals surface area (Å²) in [5.41, 5.74) is -7.11. The summed E-state index contributed by atoms with van der Waals surface area (Å²) in [6, 6.07) is 1.22. The van der Waals surface area contributed by atoms with Crippen LogP contribution in [0.2, 0.25) is 0 Å². The van der Waals surface area contributed by atoms with Gasteiger partial charge in [-0.3, -0.25) is 4.79 Å². The van der Waals surface area contributed by atoms with Gasteiger partial charge < -0.3 is 8.92 Å². The maximum atomic E-state index is 12.7. The molecule has 142 valence electrons. The van der Waals surface area contributed by atoms with Gasteiger partial charge in [0, 0.05) is 0 Å². The Balaban J connectivity index is 2.77. The van der Waals surface area contributed by atoms with E-state index in [1.54, 1.807) is 0 Å². The Hall–Kier alpha value is -2.22. The Labute approximate surface area is 152 Å². The SMILES string of the molecule is CCOC(=O)C(=O)c1c(C)cc2nn(Br)nc2c1OS(=O)(=O)C(F)(F)F. The molecule has 26 heavy (non-hydrogen) atoms. The molecule has 14 heteroatoms. The molecule has 0 spiro atoms. The van der Waals surface area contributed by atoms with Crippen LogP contribution in [0.4, 0.5) is 13.2 Å². The standard InChI is InChI=1S/C12H9BrF3N3O6S/c1-3-24-11(21)9(20)7-5(2)4-6-8(18-19(13)17-6)10(7)25-26(22,23)12(14,15)16/h4H,3H2,1-2H3. The first kappa shape index (κ1) is 20.1. The minimum Gasteiger partial charge on any atom is -0.460 e. The third-order valence-corrected chi connectivity index (χ3v) is 4.24. The highest BCUT2D eigenvalue weighted by molar-refractivity contribution is 9.08. The van der Waals surface area contributed by atoms with E-state index >= 15 is 0 Å². The number of carbonyl (C=O) groups is 2. The number of aromatic nitrogens is 3. The molecule has 0 aliphatic carbocycles. The second-order valence-electron chi connectivity index (χ2n) is 4.74. The van der Waals surface area contributed by atoms with Crippen LogP contribution in [-0.2, 0) is 19.6 Å². The molecule has 1 aromatic carbocycles. The van der Waals surface area contributed by atoms with E-state index in [9.17, 15) is 31.2 Å². The fraction of sp³-hybridized carbons (Fsp3) is 0.333. The van der Waals surface area contributed by atoms with Crippen LogP contribution in [0.3, 0.4) is 0 Å². The van der Waals surface area contributed by atoms with Gasteiger partial charge in [-0.2, -0.15) is 21.6 Å². The van der Waals surface area contributed by atoms with Crippen LogP contribution in [0.25, 0.3) is 11.0 Å². The summed E-state index contributed by atoms with van der Waals surface area (Å²) in [5, 5.41) is 7.38. The fourth-order valence-corrected chi connectivity index (χ4v) is 2.75. The number of alkyl halides is 3. The second-order valence-corrected chi connectivity index (χ2v) is 6.91. The average molecular weight is 460 g/mol. The van der Waals surface area contributed by atoms with Gasteiger partial charge in [0.25, 0.3) is 5.78 Å². The highest BCUT2D eigenvalue weighted by Crippen LogP contribution is 2.36. The smallest absolute Gasteiger partial charge is 0.460 e. The lowest BCUT2D eigenvalue weighted by atomic mass is 10.0. The maximum absolute atomic E-state index is 12.7. The van der Waals surface area contributed by atoms with Gasteiger partial charge in [-0.15, -0.1) is 14.0 Å². The number of halogens is 4. The van der Waals surface area contributed by atoms with Crippen molar-refractivity contribution in [3.05, 3.63) is 17.2 Å². The van der Waals surface area contributed by atoms with Crippen molar-refractivity contribution in [2.45, 2.75) is 19.4 Å². The average Bonchev–Trinajstić information content (AvgIpc) is 2.85. The predicted molar refractivity (Wildman–Crippen MR) is 83.2 cm³/mol. The van der Waals surface area contributed by atoms with Crippen molar-refractivity contribution in [1.82, 2.24) is 14.0 Å². The van der Waals surface area contributed by atoms with Gasteiger partial charge in [0.15, 0.2) is 11.3 Å². The third kappa shape index (κ3) is 3.65. The van der Waals surface area contributed by atoms with Crippen molar-refractivity contribution < 1.29 is 40.1 Å². The van der Waals surface area contributed by atoms with E-state index in [-0.39, 0.29) is 17.7 Å². The monoisotopic (exact) mass is 459 g/mol. The van der Waals surface area contributed by atoms with Crippen LogP contribution in [0.1, 0.15) is 22.8 Å². The normalized spacial score (nSPS) is 12.2. The van der Waals surface area contributed by atoms with Crippen molar-refractivity contribution in [2.75, 3.05) is 6.61 Å². The van der Waals surface area contributed by atoms with Crippen molar-refractivity contribution in [2.24, 2.45) is 0 Å². The van der Waals surface area contributed by atoms with Gasteiger partial charge in [0.1, 0.15) is 5.52 Å². The Morgan fingerprint density at radius 3 is 2.46 bits per heavy atom. The number of esters is 1. The van der Waals surface area contributed by atoms with Gasteiger partial charge >= 0.3 is 21.6 Å². The molecule has 0 aliphatic heterocycles. The summed E-state index contributed by atoms with van der Waals surface area (Å²) < 4.78 is 70.3. The molecule has 0 aliphatic rings. The number of fused-ring (bicyclic) bond motifs is 1. The number of ether oxygens (including phenoxy) is 1. The molecule has 0 fully saturated rings. The summed E-state index contributed by atoms with van der Waals surface area (Å²) >= 11 is 2.81. The Morgan fingerprint density at radius 1 is 1.31 bits per heavy atom. The van der Waals surface area contributed by atoms with Gasteiger partial charge in [0.2, 0.25) is 0 Å². The number of hydrogen-bond acceptors (Lipinski definition) is 8. The molecular weight excluding hydrogens is 451 g/mol. The number of hydrogen-bond donors (Lipinski definition) is 0. The number of carbonyl (C=O) groups excluding carboxylic acids is 2. The summed E-state index contributed by atoms with van der Waals surface area (Å²) in [7, 11) is -6.14. The molecule has 0 unspecified atom stereocenters. The lowest BCUT2D eigenvalue weighted by molar-refractivity contribution is -0.137. The summed E-state index contributed by atoms with van der Waals surface area (Å²) in [6.07, 6.45) is 0. The molecule has 0 amide bonds. The molecule has 0 bridgehead atoms. The van der Waals surface area contributed by atoms with Crippen molar-refractivity contribution in [3.8, 4) is 5.75 Å². The van der Waals surface area contributed by atoms with Gasteiger partial charge in [-0.05, 0) is 25.5 Å². The number of rotatable bonds is 5. The Bertz CT molecular complexity index is 1000. The Kier molecular flexibility index (Phi) is 5.28. The fourth-order valence-electron chi connectivity index (χ4n) is 1.95. The summed E-state index contributed by atoms with van der Waals surface area (Å²) in [4.78, 5) is 24.0. The van der Waals surface area contributed by atoms with Crippen LogP contribution in [0, 0.1) is 6.92 Å². The van der Waals surface area contributed by atoms with E-state index in [4.69, 9.17) is 0 Å². The molecule has 9 nitrogen and oxygen atoms in total. The number of aryl methyl sites for hydroxylation is 1. The highest BCUT2D eigenvalue weighted by atomic mass is 79.9. The molecule has 0 saturated carbocycles. The van der Waals surface area contributed by atoms with Gasteiger partial charge in [-0.25, -0.2) is 4.79 Å². The Morgan fingerprint density at radius 2 is 1.92 bits per heavy atom. The first-order chi connectivity index (χ1) is 11.9. The largest absolute Gasteiger partial charge is 0.534 e. The van der Waals surface area contributed by atoms with Gasteiger partial charge in [-0.1, -0.05) is 0 Å². The zero-order valence-electron chi connectivity index (χ0n) is 13.0. The predicted octanol–water partition coefficient (Wildman–Crippen LogP) is 1.87. The van der Waals surface area contributed by atoms with Crippen molar-refractivity contribution in [3.63, 3.8) is 0 Å². The lowest BCUT2D eigenvalue weighted by Gasteiger charge is -2.14. The minimum atomic E-state index is -6.14. The third-order valence-electron chi connectivity index (χ3n) is 2.97. The van der Waals surface area contributed by atoms with E-state index in [0.717, 1.165) is 3.82 Å². The molecular formula is C12H9BrF3N3O6S. The van der Waals surface area contributed by atoms with E-state index in [0.29, 0.717) is 0 Å². The minimum absolute atomic E-state index is 0.0593. The van der Waals surface area contributed by atoms with Crippen LogP contribution in [0.15, 0.2) is 6.07 Å². The first-order valence-electron chi connectivity index (χ1n) is 6.68. The van der Waals surface area contributed by atoms with Gasteiger partial charge in [0.05, 0.1) is 28.3 Å². The molecule has 0 radical (unpaired) electrons. The number of Topliss-reactive ketones (excluding diaryl/α,β-unsaturated/α-hetero) is 1. The number of nitrogens with zero attached hydrogens (tertiary/aromatic N) is 3. The first-order valence-corrected chi connectivity index (χ1v) is 8.79. The van der Waals surface area contributed by atoms with E-state index in [2.05, 4.69) is 35.3 Å². The lowest BCUT2D eigenvalue weighted by Crippen LogP contribution is -2.29. The topological polar surface area (TPSA) is 117 Å². The second kappa shape index (κ2) is 6.83. The molecule has 2 aromatic rings. The summed E-state index contributed by atoms with van der Waals surface area (Å²) in [5.74, 6) is -3.85. The van der Waals surface area contributed by atoms with Crippen LogP contribution >= 0.6 is 16.1 Å². The molecule has 1 heterocycles. The van der Waals surface area contributed by atoms with Crippen molar-refractivity contribution >= 4 is 49.1 Å². The zero-order chi connectivity index (χ0) is 19.9. The van der Waals surface area contributed by atoms with E-state index in [1.165, 1.54) is 19.9 Å². The number of ketones is 1. The van der Waals surface area contributed by atoms with E-state index < -0.39 is 44.2 Å². The molecule has 0 atom stereocenters. The van der Waals surface area contributed by atoms with Crippen LogP contribution in [0.5, 0.6) is 5.75 Å².